The summed E-state index contributed by atoms with van der Waals surface area (Å²) in [5.74, 6) is 2.73. The maximum Gasteiger partial charge on any atom is 0.191 e. The van der Waals surface area contributed by atoms with Gasteiger partial charge in [-0.15, -0.1) is 0 Å². The molecule has 2 rings (SSSR count). The van der Waals surface area contributed by atoms with Crippen LogP contribution < -0.4 is 10.6 Å². The molecule has 0 saturated heterocycles. The molecule has 0 atom stereocenters. The fourth-order valence-electron chi connectivity index (χ4n) is 3.02. The van der Waals surface area contributed by atoms with E-state index in [0.717, 1.165) is 43.6 Å². The number of hydrogen-bond donors (Lipinski definition) is 2. The van der Waals surface area contributed by atoms with Crippen LogP contribution in [-0.2, 0) is 11.3 Å². The summed E-state index contributed by atoms with van der Waals surface area (Å²) in [5, 5.41) is 6.65. The van der Waals surface area contributed by atoms with E-state index in [2.05, 4.69) is 21.7 Å². The van der Waals surface area contributed by atoms with Crippen molar-refractivity contribution in [1.29, 1.82) is 0 Å². The van der Waals surface area contributed by atoms with Crippen molar-refractivity contribution in [1.82, 2.24) is 10.6 Å². The van der Waals surface area contributed by atoms with Crippen LogP contribution >= 0.6 is 0 Å². The van der Waals surface area contributed by atoms with Gasteiger partial charge in [0.25, 0.3) is 0 Å². The molecule has 0 radical (unpaired) electrons. The molecule has 0 unspecified atom stereocenters. The van der Waals surface area contributed by atoms with Gasteiger partial charge in [-0.3, -0.25) is 4.99 Å². The number of rotatable bonds is 7. The summed E-state index contributed by atoms with van der Waals surface area (Å²) in [5.41, 5.74) is 1.17. The molecule has 1 fully saturated rings. The van der Waals surface area contributed by atoms with Crippen LogP contribution in [0.15, 0.2) is 15.5 Å². The van der Waals surface area contributed by atoms with Crippen molar-refractivity contribution in [3.05, 3.63) is 23.2 Å². The second kappa shape index (κ2) is 9.60. The van der Waals surface area contributed by atoms with Crippen LogP contribution in [0.2, 0.25) is 0 Å². The monoisotopic (exact) mass is 321 g/mol. The van der Waals surface area contributed by atoms with Crippen molar-refractivity contribution in [3.63, 3.8) is 0 Å². The van der Waals surface area contributed by atoms with Crippen LogP contribution in [0.4, 0.5) is 0 Å². The molecule has 5 nitrogen and oxygen atoms in total. The Morgan fingerprint density at radius 3 is 2.70 bits per heavy atom. The second-order valence-corrected chi connectivity index (χ2v) is 6.28. The Balaban J connectivity index is 1.58. The molecule has 1 heterocycles. The lowest BCUT2D eigenvalue weighted by molar-refractivity contribution is 0.0277. The van der Waals surface area contributed by atoms with Crippen LogP contribution in [-0.4, -0.2) is 32.3 Å². The third-order valence-corrected chi connectivity index (χ3v) is 4.33. The third-order valence-electron chi connectivity index (χ3n) is 4.33. The highest BCUT2D eigenvalue weighted by Crippen LogP contribution is 2.20. The molecule has 1 aromatic heterocycles. The van der Waals surface area contributed by atoms with Crippen LogP contribution in [0.5, 0.6) is 0 Å². The van der Waals surface area contributed by atoms with Gasteiger partial charge in [0.2, 0.25) is 0 Å². The van der Waals surface area contributed by atoms with Crippen LogP contribution in [0.1, 0.15) is 55.6 Å². The number of aryl methyl sites for hydroxylation is 2. The van der Waals surface area contributed by atoms with Gasteiger partial charge in [0, 0.05) is 32.3 Å². The van der Waals surface area contributed by atoms with E-state index in [1.54, 1.807) is 7.05 Å². The Bertz CT molecular complexity index is 490. The van der Waals surface area contributed by atoms with Crippen molar-refractivity contribution >= 4 is 5.96 Å². The van der Waals surface area contributed by atoms with Gasteiger partial charge in [-0.2, -0.15) is 0 Å². The molecule has 0 amide bonds. The Kier molecular flexibility index (Phi) is 7.46. The Hall–Kier alpha value is -1.49. The van der Waals surface area contributed by atoms with Gasteiger partial charge in [-0.25, -0.2) is 0 Å². The van der Waals surface area contributed by atoms with Crippen LogP contribution in [0, 0.1) is 13.8 Å². The Morgan fingerprint density at radius 2 is 2.04 bits per heavy atom. The van der Waals surface area contributed by atoms with E-state index < -0.39 is 0 Å². The van der Waals surface area contributed by atoms with Gasteiger partial charge in [0.15, 0.2) is 5.96 Å². The molecule has 2 N–H and O–H groups in total. The predicted molar refractivity (Wildman–Crippen MR) is 93.8 cm³/mol. The molecular weight excluding hydrogens is 290 g/mol. The zero-order chi connectivity index (χ0) is 16.5. The molecule has 0 spiro atoms. The second-order valence-electron chi connectivity index (χ2n) is 6.28. The van der Waals surface area contributed by atoms with E-state index in [9.17, 15) is 0 Å². The van der Waals surface area contributed by atoms with E-state index in [-0.39, 0.29) is 0 Å². The van der Waals surface area contributed by atoms with Gasteiger partial charge >= 0.3 is 0 Å². The van der Waals surface area contributed by atoms with Gasteiger partial charge in [-0.05, 0) is 39.2 Å². The molecule has 1 saturated carbocycles. The minimum absolute atomic E-state index is 0.494. The molecule has 1 aliphatic carbocycles. The number of furan rings is 1. The summed E-state index contributed by atoms with van der Waals surface area (Å²) in [6.07, 6.45) is 7.99. The van der Waals surface area contributed by atoms with Crippen molar-refractivity contribution < 1.29 is 9.15 Å². The van der Waals surface area contributed by atoms with Gasteiger partial charge in [0.1, 0.15) is 11.5 Å². The average Bonchev–Trinajstić information content (AvgIpc) is 2.88. The number of hydrogen-bond acceptors (Lipinski definition) is 3. The predicted octanol–water partition coefficient (Wildman–Crippen LogP) is 3.30. The molecule has 1 aliphatic rings. The summed E-state index contributed by atoms with van der Waals surface area (Å²) in [4.78, 5) is 4.25. The zero-order valence-electron chi connectivity index (χ0n) is 14.8. The average molecular weight is 321 g/mol. The maximum atomic E-state index is 5.93. The van der Waals surface area contributed by atoms with Gasteiger partial charge in [0.05, 0.1) is 6.10 Å². The number of nitrogens with one attached hydrogen (secondary N) is 2. The first-order valence-electron chi connectivity index (χ1n) is 8.81. The topological polar surface area (TPSA) is 58.8 Å². The molecule has 23 heavy (non-hydrogen) atoms. The van der Waals surface area contributed by atoms with E-state index in [1.807, 2.05) is 13.8 Å². The van der Waals surface area contributed by atoms with Crippen LogP contribution in [0.3, 0.4) is 0 Å². The largest absolute Gasteiger partial charge is 0.466 e. The molecule has 0 aliphatic heterocycles. The van der Waals surface area contributed by atoms with Crippen molar-refractivity contribution in [2.75, 3.05) is 20.2 Å². The Morgan fingerprint density at radius 1 is 1.26 bits per heavy atom. The van der Waals surface area contributed by atoms with E-state index in [1.165, 1.54) is 37.7 Å². The molecule has 5 heteroatoms. The number of nitrogens with zero attached hydrogens (tertiary/aromatic N) is 1. The number of ether oxygens (including phenoxy) is 1. The quantitative estimate of drug-likeness (QED) is 0.459. The summed E-state index contributed by atoms with van der Waals surface area (Å²) < 4.78 is 11.5. The fraction of sp³-hybridized carbons (Fsp3) is 0.722. The van der Waals surface area contributed by atoms with E-state index in [4.69, 9.17) is 9.15 Å². The summed E-state index contributed by atoms with van der Waals surface area (Å²) >= 11 is 0. The normalized spacial score (nSPS) is 16.6. The zero-order valence-corrected chi connectivity index (χ0v) is 14.8. The molecule has 1 aromatic rings. The minimum Gasteiger partial charge on any atom is -0.466 e. The van der Waals surface area contributed by atoms with Crippen molar-refractivity contribution in [3.8, 4) is 0 Å². The summed E-state index contributed by atoms with van der Waals surface area (Å²) in [6, 6.07) is 2.06. The highest BCUT2D eigenvalue weighted by molar-refractivity contribution is 5.79. The summed E-state index contributed by atoms with van der Waals surface area (Å²) in [6.45, 7) is 6.38. The first-order chi connectivity index (χ1) is 11.2. The van der Waals surface area contributed by atoms with E-state index in [0.29, 0.717) is 6.10 Å². The fourth-order valence-corrected chi connectivity index (χ4v) is 3.02. The lowest BCUT2D eigenvalue weighted by Crippen LogP contribution is -2.37. The van der Waals surface area contributed by atoms with E-state index >= 15 is 0 Å². The van der Waals surface area contributed by atoms with Crippen molar-refractivity contribution in [2.45, 2.75) is 65.0 Å². The summed E-state index contributed by atoms with van der Waals surface area (Å²) in [7, 11) is 1.79. The smallest absolute Gasteiger partial charge is 0.191 e. The standard InChI is InChI=1S/C18H31N3O2/c1-14-12-16(15(2)23-14)13-21-18(19-3)20-10-7-11-22-17-8-5-4-6-9-17/h12,17H,4-11,13H2,1-3H3,(H2,19,20,21). The number of guanidine groups is 1. The highest BCUT2D eigenvalue weighted by atomic mass is 16.5. The van der Waals surface area contributed by atoms with Gasteiger partial charge < -0.3 is 19.8 Å². The highest BCUT2D eigenvalue weighted by Gasteiger charge is 2.13. The first kappa shape index (κ1) is 17.9. The Labute approximate surface area is 139 Å². The lowest BCUT2D eigenvalue weighted by Gasteiger charge is -2.22. The van der Waals surface area contributed by atoms with Crippen LogP contribution in [0.25, 0.3) is 0 Å². The third kappa shape index (κ3) is 6.26. The lowest BCUT2D eigenvalue weighted by atomic mass is 9.98. The van der Waals surface area contributed by atoms with Gasteiger partial charge in [-0.1, -0.05) is 19.3 Å². The number of aliphatic imine (C=N–C) groups is 1. The molecule has 0 aromatic carbocycles. The molecule has 130 valence electrons. The molecule has 0 bridgehead atoms. The minimum atomic E-state index is 0.494. The first-order valence-corrected chi connectivity index (χ1v) is 8.81. The molecular formula is C18H31N3O2. The maximum absolute atomic E-state index is 5.93. The van der Waals surface area contributed by atoms with Crippen molar-refractivity contribution in [2.24, 2.45) is 4.99 Å². The SMILES string of the molecule is CN=C(NCCCOC1CCCCC1)NCc1cc(C)oc1C.